The summed E-state index contributed by atoms with van der Waals surface area (Å²) in [5.74, 6) is 0.0187. The fourth-order valence-electron chi connectivity index (χ4n) is 3.65. The SMILES string of the molecule is Cc1nc2cc(F)ccc2cc1C(=O)N1CCC(C2OCCO2)CC1. The van der Waals surface area contributed by atoms with Crippen LogP contribution >= 0.6 is 0 Å². The van der Waals surface area contributed by atoms with Crippen molar-refractivity contribution in [3.63, 3.8) is 0 Å². The number of hydrogen-bond acceptors (Lipinski definition) is 4. The average molecular weight is 344 g/mol. The Hall–Kier alpha value is -2.05. The molecule has 132 valence electrons. The summed E-state index contributed by atoms with van der Waals surface area (Å²) in [5, 5.41) is 0.776. The van der Waals surface area contributed by atoms with E-state index in [1.54, 1.807) is 13.0 Å². The van der Waals surface area contributed by atoms with E-state index in [9.17, 15) is 9.18 Å². The Morgan fingerprint density at radius 1 is 1.20 bits per heavy atom. The molecule has 2 fully saturated rings. The number of benzene rings is 1. The van der Waals surface area contributed by atoms with Gasteiger partial charge in [-0.1, -0.05) is 0 Å². The summed E-state index contributed by atoms with van der Waals surface area (Å²) in [6.45, 7) is 4.49. The molecule has 0 atom stereocenters. The standard InChI is InChI=1S/C19H21FN2O3/c1-12-16(10-14-2-3-15(20)11-17(14)21-12)18(23)22-6-4-13(5-7-22)19-24-8-9-25-19/h2-3,10-11,13,19H,4-9H2,1H3. The second-order valence-electron chi connectivity index (χ2n) is 6.70. The largest absolute Gasteiger partial charge is 0.350 e. The van der Waals surface area contributed by atoms with E-state index in [0.29, 0.717) is 49.0 Å². The van der Waals surface area contributed by atoms with E-state index in [4.69, 9.17) is 9.47 Å². The second kappa shape index (κ2) is 6.69. The van der Waals surface area contributed by atoms with Crippen LogP contribution in [0.1, 0.15) is 28.9 Å². The van der Waals surface area contributed by atoms with Gasteiger partial charge in [-0.3, -0.25) is 9.78 Å². The van der Waals surface area contributed by atoms with Crippen LogP contribution in [0.5, 0.6) is 0 Å². The third-order valence-corrected chi connectivity index (χ3v) is 5.06. The Labute approximate surface area is 145 Å². The Kier molecular flexibility index (Phi) is 4.39. The van der Waals surface area contributed by atoms with Crippen LogP contribution in [0.3, 0.4) is 0 Å². The number of pyridine rings is 1. The predicted octanol–water partition coefficient (Wildman–Crippen LogP) is 2.91. The van der Waals surface area contributed by atoms with Crippen LogP contribution in [0.25, 0.3) is 10.9 Å². The molecule has 1 aromatic heterocycles. The maximum Gasteiger partial charge on any atom is 0.255 e. The molecular weight excluding hydrogens is 323 g/mol. The highest BCUT2D eigenvalue weighted by molar-refractivity contribution is 5.98. The zero-order valence-electron chi connectivity index (χ0n) is 14.2. The van der Waals surface area contributed by atoms with E-state index in [0.717, 1.165) is 18.2 Å². The van der Waals surface area contributed by atoms with Crippen molar-refractivity contribution in [1.29, 1.82) is 0 Å². The molecule has 0 radical (unpaired) electrons. The number of nitrogens with zero attached hydrogens (tertiary/aromatic N) is 2. The minimum absolute atomic E-state index is 0.0112. The summed E-state index contributed by atoms with van der Waals surface area (Å²) < 4.78 is 24.5. The molecule has 2 aliphatic heterocycles. The molecule has 0 aliphatic carbocycles. The zero-order valence-corrected chi connectivity index (χ0v) is 14.2. The molecule has 0 saturated carbocycles. The summed E-state index contributed by atoms with van der Waals surface area (Å²) in [6, 6.07) is 6.26. The number of aromatic nitrogens is 1. The molecule has 0 N–H and O–H groups in total. The molecule has 0 unspecified atom stereocenters. The number of carbonyl (C=O) groups excluding carboxylic acids is 1. The van der Waals surface area contributed by atoms with Gasteiger partial charge >= 0.3 is 0 Å². The zero-order chi connectivity index (χ0) is 17.4. The number of rotatable bonds is 2. The molecule has 1 amide bonds. The number of ether oxygens (including phenoxy) is 2. The Bertz CT molecular complexity index is 797. The average Bonchev–Trinajstić information content (AvgIpc) is 3.15. The number of aryl methyl sites for hydroxylation is 1. The van der Waals surface area contributed by atoms with Crippen molar-refractivity contribution in [3.05, 3.63) is 41.3 Å². The number of halogens is 1. The normalized spacial score (nSPS) is 19.7. The fraction of sp³-hybridized carbons (Fsp3) is 0.474. The predicted molar refractivity (Wildman–Crippen MR) is 90.8 cm³/mol. The van der Waals surface area contributed by atoms with Crippen LogP contribution in [-0.2, 0) is 9.47 Å². The van der Waals surface area contributed by atoms with Gasteiger partial charge in [0.2, 0.25) is 0 Å². The molecule has 25 heavy (non-hydrogen) atoms. The Morgan fingerprint density at radius 3 is 2.64 bits per heavy atom. The van der Waals surface area contributed by atoms with E-state index < -0.39 is 0 Å². The molecule has 2 aliphatic rings. The molecule has 3 heterocycles. The number of hydrogen-bond donors (Lipinski definition) is 0. The first-order valence-electron chi connectivity index (χ1n) is 8.71. The Morgan fingerprint density at radius 2 is 1.92 bits per heavy atom. The van der Waals surface area contributed by atoms with Crippen LogP contribution in [-0.4, -0.2) is 48.4 Å². The molecule has 6 heteroatoms. The molecule has 4 rings (SSSR count). The summed E-state index contributed by atoms with van der Waals surface area (Å²) >= 11 is 0. The lowest BCUT2D eigenvalue weighted by Gasteiger charge is -2.34. The minimum atomic E-state index is -0.322. The summed E-state index contributed by atoms with van der Waals surface area (Å²) in [6.07, 6.45) is 1.64. The van der Waals surface area contributed by atoms with Gasteiger partial charge in [0.25, 0.3) is 5.91 Å². The van der Waals surface area contributed by atoms with Crippen molar-refractivity contribution in [2.45, 2.75) is 26.1 Å². The fourth-order valence-corrected chi connectivity index (χ4v) is 3.65. The van der Waals surface area contributed by atoms with Crippen molar-refractivity contribution >= 4 is 16.8 Å². The number of likely N-dealkylation sites (tertiary alicyclic amines) is 1. The van der Waals surface area contributed by atoms with Crippen LogP contribution in [0.2, 0.25) is 0 Å². The van der Waals surface area contributed by atoms with Gasteiger partial charge in [-0.05, 0) is 38.0 Å². The van der Waals surface area contributed by atoms with Crippen LogP contribution in [0.4, 0.5) is 4.39 Å². The molecular formula is C19H21FN2O3. The van der Waals surface area contributed by atoms with Crippen molar-refractivity contribution in [1.82, 2.24) is 9.88 Å². The molecule has 0 spiro atoms. The highest BCUT2D eigenvalue weighted by Crippen LogP contribution is 2.27. The van der Waals surface area contributed by atoms with Crippen molar-refractivity contribution in [3.8, 4) is 0 Å². The number of fused-ring (bicyclic) bond motifs is 1. The topological polar surface area (TPSA) is 51.7 Å². The lowest BCUT2D eigenvalue weighted by atomic mass is 9.95. The van der Waals surface area contributed by atoms with Gasteiger partial charge in [-0.15, -0.1) is 0 Å². The van der Waals surface area contributed by atoms with E-state index >= 15 is 0 Å². The van der Waals surface area contributed by atoms with E-state index in [1.807, 2.05) is 11.0 Å². The first-order valence-corrected chi connectivity index (χ1v) is 8.71. The summed E-state index contributed by atoms with van der Waals surface area (Å²) in [5.41, 5.74) is 1.79. The van der Waals surface area contributed by atoms with Crippen molar-refractivity contribution in [2.75, 3.05) is 26.3 Å². The van der Waals surface area contributed by atoms with E-state index in [-0.39, 0.29) is 18.0 Å². The quantitative estimate of drug-likeness (QED) is 0.841. The van der Waals surface area contributed by atoms with Gasteiger partial charge in [0.15, 0.2) is 6.29 Å². The third kappa shape index (κ3) is 3.24. The van der Waals surface area contributed by atoms with Crippen LogP contribution in [0, 0.1) is 18.7 Å². The van der Waals surface area contributed by atoms with Crippen LogP contribution in [0.15, 0.2) is 24.3 Å². The lowest BCUT2D eigenvalue weighted by Crippen LogP contribution is -2.41. The number of piperidine rings is 1. The first-order chi connectivity index (χ1) is 12.1. The maximum atomic E-state index is 13.3. The smallest absolute Gasteiger partial charge is 0.255 e. The highest BCUT2D eigenvalue weighted by Gasteiger charge is 2.32. The lowest BCUT2D eigenvalue weighted by molar-refractivity contribution is -0.0956. The first kappa shape index (κ1) is 16.4. The Balaban J connectivity index is 1.50. The molecule has 5 nitrogen and oxygen atoms in total. The van der Waals surface area contributed by atoms with Crippen molar-refractivity contribution in [2.24, 2.45) is 5.92 Å². The maximum absolute atomic E-state index is 13.3. The van der Waals surface area contributed by atoms with Crippen molar-refractivity contribution < 1.29 is 18.7 Å². The molecule has 1 aromatic carbocycles. The number of amides is 1. The molecule has 2 saturated heterocycles. The van der Waals surface area contributed by atoms with Gasteiger partial charge in [0, 0.05) is 30.5 Å². The molecule has 2 aromatic rings. The van der Waals surface area contributed by atoms with E-state index in [2.05, 4.69) is 4.98 Å². The number of carbonyl (C=O) groups is 1. The van der Waals surface area contributed by atoms with Crippen LogP contribution < -0.4 is 0 Å². The summed E-state index contributed by atoms with van der Waals surface area (Å²) in [7, 11) is 0. The second-order valence-corrected chi connectivity index (χ2v) is 6.70. The highest BCUT2D eigenvalue weighted by atomic mass is 19.1. The third-order valence-electron chi connectivity index (χ3n) is 5.06. The summed E-state index contributed by atoms with van der Waals surface area (Å²) in [4.78, 5) is 19.2. The van der Waals surface area contributed by atoms with Gasteiger partial charge in [-0.25, -0.2) is 4.39 Å². The monoisotopic (exact) mass is 344 g/mol. The van der Waals surface area contributed by atoms with Gasteiger partial charge < -0.3 is 14.4 Å². The molecule has 0 bridgehead atoms. The van der Waals surface area contributed by atoms with Gasteiger partial charge in [0.1, 0.15) is 5.82 Å². The minimum Gasteiger partial charge on any atom is -0.350 e. The van der Waals surface area contributed by atoms with Gasteiger partial charge in [0.05, 0.1) is 30.0 Å². The van der Waals surface area contributed by atoms with Gasteiger partial charge in [-0.2, -0.15) is 0 Å². The van der Waals surface area contributed by atoms with E-state index in [1.165, 1.54) is 12.1 Å².